The average Bonchev–Trinajstić information content (AvgIpc) is 2.56. The fraction of sp³-hybridized carbons (Fsp3) is 0.438. The summed E-state index contributed by atoms with van der Waals surface area (Å²) in [4.78, 5) is 22.8. The summed E-state index contributed by atoms with van der Waals surface area (Å²) >= 11 is 0. The summed E-state index contributed by atoms with van der Waals surface area (Å²) in [6.45, 7) is 0. The molecule has 2 amide bonds. The van der Waals surface area contributed by atoms with Gasteiger partial charge in [-0.15, -0.1) is 0 Å². The lowest BCUT2D eigenvalue weighted by atomic mass is 9.89. The second kappa shape index (κ2) is 8.17. The smallest absolute Gasteiger partial charge is 0.332 e. The molecule has 1 aliphatic rings. The predicted octanol–water partition coefficient (Wildman–Crippen LogP) is 2.18. The largest absolute Gasteiger partial charge is 0.493 e. The molecule has 7 nitrogen and oxygen atoms in total. The normalized spacial score (nSPS) is 15.3. The Morgan fingerprint density at radius 1 is 1.26 bits per heavy atom. The highest BCUT2D eigenvalue weighted by molar-refractivity contribution is 5.83. The van der Waals surface area contributed by atoms with Gasteiger partial charge in [0.2, 0.25) is 0 Å². The first kappa shape index (κ1) is 16.8. The van der Waals surface area contributed by atoms with Crippen LogP contribution < -0.4 is 20.6 Å². The highest BCUT2D eigenvalue weighted by Gasteiger charge is 2.24. The van der Waals surface area contributed by atoms with Gasteiger partial charge in [0.05, 0.1) is 19.2 Å². The van der Waals surface area contributed by atoms with Crippen molar-refractivity contribution in [2.45, 2.75) is 32.1 Å². The maximum Gasteiger partial charge on any atom is 0.332 e. The number of amides is 2. The minimum atomic E-state index is -0.744. The summed E-state index contributed by atoms with van der Waals surface area (Å²) in [5.74, 6) is 0.564. The van der Waals surface area contributed by atoms with Gasteiger partial charge in [0, 0.05) is 0 Å². The maximum absolute atomic E-state index is 12.2. The number of carbonyl (C=O) groups is 2. The first-order valence-corrected chi connectivity index (χ1v) is 7.58. The molecule has 124 valence electrons. The first-order chi connectivity index (χ1) is 11.1. The van der Waals surface area contributed by atoms with Crippen molar-refractivity contribution in [3.8, 4) is 11.5 Å². The van der Waals surface area contributed by atoms with Crippen molar-refractivity contribution in [1.29, 1.82) is 0 Å². The second-order valence-electron chi connectivity index (χ2n) is 5.40. The number of primary amides is 1. The lowest BCUT2D eigenvalue weighted by Crippen LogP contribution is -2.24. The van der Waals surface area contributed by atoms with Gasteiger partial charge < -0.3 is 15.2 Å². The van der Waals surface area contributed by atoms with Crippen LogP contribution in [0.25, 0.3) is 0 Å². The molecule has 1 fully saturated rings. The summed E-state index contributed by atoms with van der Waals surface area (Å²) in [6.07, 6.45) is 6.49. The Balaban J connectivity index is 2.05. The third kappa shape index (κ3) is 4.98. The van der Waals surface area contributed by atoms with Crippen molar-refractivity contribution in [1.82, 2.24) is 5.43 Å². The Morgan fingerprint density at radius 2 is 2.00 bits per heavy atom. The zero-order chi connectivity index (χ0) is 16.7. The van der Waals surface area contributed by atoms with E-state index in [9.17, 15) is 9.59 Å². The van der Waals surface area contributed by atoms with E-state index in [1.807, 2.05) is 0 Å². The number of hydrogen-bond donors (Lipinski definition) is 2. The summed E-state index contributed by atoms with van der Waals surface area (Å²) in [5, 5.41) is 3.67. The van der Waals surface area contributed by atoms with Crippen LogP contribution in [0.3, 0.4) is 0 Å². The number of nitrogens with zero attached hydrogens (tertiary/aromatic N) is 1. The maximum atomic E-state index is 12.2. The number of ether oxygens (including phenoxy) is 2. The van der Waals surface area contributed by atoms with Crippen LogP contribution in [0.15, 0.2) is 23.3 Å². The van der Waals surface area contributed by atoms with Gasteiger partial charge in [-0.05, 0) is 36.6 Å². The Morgan fingerprint density at radius 3 is 2.65 bits per heavy atom. The number of hydrazone groups is 1. The zero-order valence-electron chi connectivity index (χ0n) is 13.1. The predicted molar refractivity (Wildman–Crippen MR) is 85.5 cm³/mol. The number of urea groups is 1. The standard InChI is InChI=1S/C16H21N3O4/c1-22-14-9-11(10-18-19-16(17)21)7-8-13(14)23-15(20)12-5-3-2-4-6-12/h7-10,12H,2-6H2,1H3,(H3,17,19,21). The van der Waals surface area contributed by atoms with Gasteiger partial charge >= 0.3 is 12.0 Å². The lowest BCUT2D eigenvalue weighted by molar-refractivity contribution is -0.140. The molecule has 0 radical (unpaired) electrons. The third-order valence-electron chi connectivity index (χ3n) is 3.73. The summed E-state index contributed by atoms with van der Waals surface area (Å²) in [6, 6.07) is 4.27. The van der Waals surface area contributed by atoms with Gasteiger partial charge in [0.1, 0.15) is 0 Å². The molecular weight excluding hydrogens is 298 g/mol. The molecule has 23 heavy (non-hydrogen) atoms. The van der Waals surface area contributed by atoms with E-state index in [0.29, 0.717) is 17.1 Å². The van der Waals surface area contributed by atoms with Crippen LogP contribution in [0.5, 0.6) is 11.5 Å². The Hall–Kier alpha value is -2.57. The highest BCUT2D eigenvalue weighted by atomic mass is 16.6. The molecule has 1 aromatic rings. The number of rotatable bonds is 5. The molecule has 0 bridgehead atoms. The Bertz CT molecular complexity index is 595. The fourth-order valence-electron chi connectivity index (χ4n) is 2.55. The van der Waals surface area contributed by atoms with Crippen molar-refractivity contribution < 1.29 is 19.1 Å². The van der Waals surface area contributed by atoms with E-state index in [-0.39, 0.29) is 11.9 Å². The van der Waals surface area contributed by atoms with Crippen LogP contribution in [0.2, 0.25) is 0 Å². The van der Waals surface area contributed by atoms with Crippen LogP contribution in [0.4, 0.5) is 4.79 Å². The molecule has 0 aliphatic heterocycles. The van der Waals surface area contributed by atoms with Crippen LogP contribution in [0.1, 0.15) is 37.7 Å². The first-order valence-electron chi connectivity index (χ1n) is 7.58. The van der Waals surface area contributed by atoms with Crippen molar-refractivity contribution in [2.75, 3.05) is 7.11 Å². The molecule has 1 aromatic carbocycles. The van der Waals surface area contributed by atoms with E-state index < -0.39 is 6.03 Å². The van der Waals surface area contributed by atoms with Gasteiger partial charge in [-0.2, -0.15) is 5.10 Å². The fourth-order valence-corrected chi connectivity index (χ4v) is 2.55. The van der Waals surface area contributed by atoms with E-state index in [0.717, 1.165) is 25.7 Å². The second-order valence-corrected chi connectivity index (χ2v) is 5.40. The Kier molecular flexibility index (Phi) is 5.96. The molecule has 0 saturated heterocycles. The monoisotopic (exact) mass is 319 g/mol. The highest BCUT2D eigenvalue weighted by Crippen LogP contribution is 2.31. The number of esters is 1. The minimum Gasteiger partial charge on any atom is -0.493 e. The average molecular weight is 319 g/mol. The van der Waals surface area contributed by atoms with Crippen molar-refractivity contribution in [2.24, 2.45) is 16.8 Å². The number of nitrogens with two attached hydrogens (primary N) is 1. The molecule has 0 heterocycles. The zero-order valence-corrected chi connectivity index (χ0v) is 13.1. The van der Waals surface area contributed by atoms with Gasteiger partial charge in [-0.1, -0.05) is 19.3 Å². The van der Waals surface area contributed by atoms with Gasteiger partial charge in [0.15, 0.2) is 11.5 Å². The van der Waals surface area contributed by atoms with Gasteiger partial charge in [-0.25, -0.2) is 10.2 Å². The van der Waals surface area contributed by atoms with Crippen LogP contribution in [-0.2, 0) is 4.79 Å². The number of benzene rings is 1. The third-order valence-corrected chi connectivity index (χ3v) is 3.73. The number of carbonyl (C=O) groups excluding carboxylic acids is 2. The van der Waals surface area contributed by atoms with Crippen LogP contribution in [0, 0.1) is 5.92 Å². The molecule has 3 N–H and O–H groups in total. The van der Waals surface area contributed by atoms with E-state index in [4.69, 9.17) is 15.2 Å². The molecule has 0 spiro atoms. The van der Waals surface area contributed by atoms with Gasteiger partial charge in [0.25, 0.3) is 0 Å². The lowest BCUT2D eigenvalue weighted by Gasteiger charge is -2.20. The molecule has 0 aromatic heterocycles. The molecule has 2 rings (SSSR count). The summed E-state index contributed by atoms with van der Waals surface area (Å²) < 4.78 is 10.7. The van der Waals surface area contributed by atoms with Gasteiger partial charge in [-0.3, -0.25) is 4.79 Å². The summed E-state index contributed by atoms with van der Waals surface area (Å²) in [7, 11) is 1.50. The van der Waals surface area contributed by atoms with Crippen LogP contribution >= 0.6 is 0 Å². The van der Waals surface area contributed by atoms with E-state index in [2.05, 4.69) is 10.5 Å². The Labute approximate surface area is 134 Å². The molecule has 0 unspecified atom stereocenters. The van der Waals surface area contributed by atoms with E-state index in [1.165, 1.54) is 19.7 Å². The SMILES string of the molecule is COc1cc(C=NNC(N)=O)ccc1OC(=O)C1CCCCC1. The van der Waals surface area contributed by atoms with Crippen molar-refractivity contribution >= 4 is 18.2 Å². The molecule has 1 aliphatic carbocycles. The number of nitrogens with one attached hydrogen (secondary N) is 1. The van der Waals surface area contributed by atoms with E-state index >= 15 is 0 Å². The topological polar surface area (TPSA) is 103 Å². The van der Waals surface area contributed by atoms with E-state index in [1.54, 1.807) is 18.2 Å². The minimum absolute atomic E-state index is 0.0329. The number of hydrogen-bond acceptors (Lipinski definition) is 5. The summed E-state index contributed by atoms with van der Waals surface area (Å²) in [5.41, 5.74) is 7.69. The molecular formula is C16H21N3O4. The molecule has 7 heteroatoms. The van der Waals surface area contributed by atoms with Crippen molar-refractivity contribution in [3.05, 3.63) is 23.8 Å². The molecule has 0 atom stereocenters. The number of methoxy groups -OCH3 is 1. The van der Waals surface area contributed by atoms with Crippen LogP contribution in [-0.4, -0.2) is 25.3 Å². The molecule has 1 saturated carbocycles. The quantitative estimate of drug-likeness (QED) is 0.376. The van der Waals surface area contributed by atoms with Crippen molar-refractivity contribution in [3.63, 3.8) is 0 Å².